The summed E-state index contributed by atoms with van der Waals surface area (Å²) in [5, 5.41) is 2.53. The highest BCUT2D eigenvalue weighted by Gasteiger charge is 2.62. The lowest BCUT2D eigenvalue weighted by molar-refractivity contribution is -0.166. The van der Waals surface area contributed by atoms with Gasteiger partial charge in [0.25, 0.3) is 0 Å². The third-order valence-corrected chi connectivity index (χ3v) is 3.15. The highest BCUT2D eigenvalue weighted by molar-refractivity contribution is 5.24. The summed E-state index contributed by atoms with van der Waals surface area (Å²) < 4.78 is 50.8. The van der Waals surface area contributed by atoms with Gasteiger partial charge < -0.3 is 0 Å². The highest BCUT2D eigenvalue weighted by atomic mass is 19.4. The van der Waals surface area contributed by atoms with Crippen LogP contribution in [-0.4, -0.2) is 11.7 Å². The Morgan fingerprint density at radius 1 is 1.29 bits per heavy atom. The van der Waals surface area contributed by atoms with Crippen LogP contribution in [0.5, 0.6) is 0 Å². The van der Waals surface area contributed by atoms with Crippen molar-refractivity contribution in [1.29, 1.82) is 0 Å². The molecule has 0 radical (unpaired) electrons. The predicted molar refractivity (Wildman–Crippen MR) is 56.0 cm³/mol. The Morgan fingerprint density at radius 3 is 2.41 bits per heavy atom. The summed E-state index contributed by atoms with van der Waals surface area (Å²) in [5.41, 5.74) is -0.601. The van der Waals surface area contributed by atoms with Gasteiger partial charge in [-0.05, 0) is 37.0 Å². The first kappa shape index (κ1) is 12.4. The molecule has 0 spiro atoms. The minimum atomic E-state index is -4.21. The zero-order chi connectivity index (χ0) is 12.7. The maximum atomic E-state index is 13.0. The lowest BCUT2D eigenvalue weighted by atomic mass is 10.1. The summed E-state index contributed by atoms with van der Waals surface area (Å²) in [6, 6.07) is 4.34. The summed E-state index contributed by atoms with van der Waals surface area (Å²) in [7, 11) is 0. The average molecular weight is 247 g/mol. The first-order valence-electron chi connectivity index (χ1n) is 5.41. The van der Waals surface area contributed by atoms with Crippen LogP contribution >= 0.6 is 0 Å². The van der Waals surface area contributed by atoms with Crippen molar-refractivity contribution in [1.82, 2.24) is 5.32 Å². The molecule has 0 saturated heterocycles. The molecular weight excluding hydrogens is 234 g/mol. The van der Waals surface area contributed by atoms with Crippen LogP contribution < -0.4 is 5.32 Å². The fourth-order valence-electron chi connectivity index (χ4n) is 1.77. The Kier molecular flexibility index (Phi) is 2.89. The van der Waals surface area contributed by atoms with Gasteiger partial charge in [0.15, 0.2) is 0 Å². The Balaban J connectivity index is 2.01. The van der Waals surface area contributed by atoms with Crippen LogP contribution in [0, 0.1) is 12.7 Å². The molecule has 0 heterocycles. The van der Waals surface area contributed by atoms with E-state index >= 15 is 0 Å². The quantitative estimate of drug-likeness (QED) is 0.808. The van der Waals surface area contributed by atoms with Gasteiger partial charge in [0, 0.05) is 6.54 Å². The molecule has 1 saturated carbocycles. The topological polar surface area (TPSA) is 12.0 Å². The number of nitrogens with one attached hydrogen (secondary N) is 1. The van der Waals surface area contributed by atoms with Crippen molar-refractivity contribution in [3.05, 3.63) is 35.1 Å². The third-order valence-electron chi connectivity index (χ3n) is 3.15. The zero-order valence-electron chi connectivity index (χ0n) is 9.37. The van der Waals surface area contributed by atoms with Gasteiger partial charge in [0.05, 0.1) is 0 Å². The SMILES string of the molecule is Cc1cc(CNC2(C(F)(F)F)CC2)ccc1F. The van der Waals surface area contributed by atoms with E-state index in [9.17, 15) is 17.6 Å². The lowest BCUT2D eigenvalue weighted by Gasteiger charge is -2.20. The van der Waals surface area contributed by atoms with Crippen LogP contribution in [0.4, 0.5) is 17.6 Å². The summed E-state index contributed by atoms with van der Waals surface area (Å²) in [6.07, 6.45) is -3.96. The van der Waals surface area contributed by atoms with Crippen LogP contribution in [0.25, 0.3) is 0 Å². The normalized spacial score (nSPS) is 18.2. The Morgan fingerprint density at radius 2 is 1.94 bits per heavy atom. The summed E-state index contributed by atoms with van der Waals surface area (Å²) >= 11 is 0. The van der Waals surface area contributed by atoms with Crippen molar-refractivity contribution < 1.29 is 17.6 Å². The number of halogens is 4. The maximum absolute atomic E-state index is 13.0. The standard InChI is InChI=1S/C12H13F4N/c1-8-6-9(2-3-10(8)13)7-17-11(4-5-11)12(14,15)16/h2-3,6,17H,4-5,7H2,1H3. The first-order chi connectivity index (χ1) is 7.84. The van der Waals surface area contributed by atoms with E-state index in [1.807, 2.05) is 0 Å². The van der Waals surface area contributed by atoms with Crippen LogP contribution in [0.2, 0.25) is 0 Å². The van der Waals surface area contributed by atoms with Crippen LogP contribution in [0.3, 0.4) is 0 Å². The molecule has 1 N–H and O–H groups in total. The third kappa shape index (κ3) is 2.44. The van der Waals surface area contributed by atoms with E-state index in [4.69, 9.17) is 0 Å². The van der Waals surface area contributed by atoms with E-state index in [2.05, 4.69) is 5.32 Å². The van der Waals surface area contributed by atoms with Crippen LogP contribution in [0.15, 0.2) is 18.2 Å². The monoisotopic (exact) mass is 247 g/mol. The molecule has 17 heavy (non-hydrogen) atoms. The molecule has 94 valence electrons. The molecule has 1 nitrogen and oxygen atoms in total. The van der Waals surface area contributed by atoms with Gasteiger partial charge in [-0.25, -0.2) is 4.39 Å². The minimum Gasteiger partial charge on any atom is -0.299 e. The van der Waals surface area contributed by atoms with Gasteiger partial charge in [0.1, 0.15) is 11.4 Å². The molecule has 0 atom stereocenters. The molecule has 1 aliphatic rings. The first-order valence-corrected chi connectivity index (χ1v) is 5.41. The van der Waals surface area contributed by atoms with Crippen molar-refractivity contribution in [3.8, 4) is 0 Å². The Bertz CT molecular complexity index is 421. The second kappa shape index (κ2) is 3.98. The van der Waals surface area contributed by atoms with E-state index in [0.29, 0.717) is 11.1 Å². The van der Waals surface area contributed by atoms with Crippen LogP contribution in [0.1, 0.15) is 24.0 Å². The number of benzene rings is 1. The molecular formula is C12H13F4N. The average Bonchev–Trinajstić information content (AvgIpc) is 3.00. The number of alkyl halides is 3. The molecule has 1 aromatic rings. The molecule has 0 aromatic heterocycles. The molecule has 0 aliphatic heterocycles. The van der Waals surface area contributed by atoms with Crippen molar-refractivity contribution in [2.24, 2.45) is 0 Å². The van der Waals surface area contributed by atoms with Crippen molar-refractivity contribution >= 4 is 0 Å². The second-order valence-corrected chi connectivity index (χ2v) is 4.52. The molecule has 1 aromatic carbocycles. The summed E-state index contributed by atoms with van der Waals surface area (Å²) in [5.74, 6) is -0.342. The lowest BCUT2D eigenvalue weighted by Crippen LogP contribution is -2.44. The Hall–Kier alpha value is -1.10. The molecule has 1 aliphatic carbocycles. The van der Waals surface area contributed by atoms with Gasteiger partial charge in [-0.2, -0.15) is 13.2 Å². The van der Waals surface area contributed by atoms with E-state index in [1.165, 1.54) is 12.1 Å². The largest absolute Gasteiger partial charge is 0.406 e. The fraction of sp³-hybridized carbons (Fsp3) is 0.500. The summed E-state index contributed by atoms with van der Waals surface area (Å²) in [4.78, 5) is 0. The predicted octanol–water partition coefficient (Wildman–Crippen LogP) is 3.32. The fourth-order valence-corrected chi connectivity index (χ4v) is 1.77. The zero-order valence-corrected chi connectivity index (χ0v) is 9.37. The van der Waals surface area contributed by atoms with Crippen LogP contribution in [-0.2, 0) is 6.54 Å². The Labute approximate surface area is 96.8 Å². The molecule has 5 heteroatoms. The molecule has 0 bridgehead atoms. The van der Waals surface area contributed by atoms with E-state index in [-0.39, 0.29) is 25.2 Å². The van der Waals surface area contributed by atoms with E-state index in [0.717, 1.165) is 0 Å². The smallest absolute Gasteiger partial charge is 0.299 e. The molecule has 0 unspecified atom stereocenters. The van der Waals surface area contributed by atoms with E-state index in [1.54, 1.807) is 13.0 Å². The number of hydrogen-bond acceptors (Lipinski definition) is 1. The van der Waals surface area contributed by atoms with Gasteiger partial charge >= 0.3 is 6.18 Å². The molecule has 0 amide bonds. The van der Waals surface area contributed by atoms with Gasteiger partial charge in [-0.15, -0.1) is 0 Å². The van der Waals surface area contributed by atoms with Crippen molar-refractivity contribution in [2.75, 3.05) is 0 Å². The second-order valence-electron chi connectivity index (χ2n) is 4.52. The molecule has 1 fully saturated rings. The van der Waals surface area contributed by atoms with Gasteiger partial charge in [-0.3, -0.25) is 5.32 Å². The number of hydrogen-bond donors (Lipinski definition) is 1. The van der Waals surface area contributed by atoms with Gasteiger partial charge in [-0.1, -0.05) is 12.1 Å². The van der Waals surface area contributed by atoms with E-state index < -0.39 is 11.7 Å². The van der Waals surface area contributed by atoms with Gasteiger partial charge in [0.2, 0.25) is 0 Å². The van der Waals surface area contributed by atoms with Crippen molar-refractivity contribution in [3.63, 3.8) is 0 Å². The maximum Gasteiger partial charge on any atom is 0.406 e. The number of aryl methyl sites for hydroxylation is 1. The number of rotatable bonds is 3. The molecule has 2 rings (SSSR count). The van der Waals surface area contributed by atoms with Crippen molar-refractivity contribution in [2.45, 2.75) is 38.0 Å². The highest BCUT2D eigenvalue weighted by Crippen LogP contribution is 2.49. The minimum absolute atomic E-state index is 0.112. The summed E-state index contributed by atoms with van der Waals surface area (Å²) in [6.45, 7) is 1.70.